The first-order valence-corrected chi connectivity index (χ1v) is 10.4. The molecule has 1 atom stereocenters. The summed E-state index contributed by atoms with van der Waals surface area (Å²) in [6.45, 7) is 5.34. The highest BCUT2D eigenvalue weighted by atomic mass is 32.1. The van der Waals surface area contributed by atoms with Gasteiger partial charge < -0.3 is 10.6 Å². The molecule has 2 amide bonds. The molecule has 0 bridgehead atoms. The molecule has 0 aromatic carbocycles. The lowest BCUT2D eigenvalue weighted by Crippen LogP contribution is -2.40. The van der Waals surface area contributed by atoms with Gasteiger partial charge in [0.15, 0.2) is 0 Å². The molecule has 142 valence electrons. The minimum Gasteiger partial charge on any atom is -0.354 e. The first-order valence-electron chi connectivity index (χ1n) is 9.48. The summed E-state index contributed by atoms with van der Waals surface area (Å²) in [5, 5.41) is 7.57. The Bertz CT molecular complexity index is 846. The van der Waals surface area contributed by atoms with Crippen molar-refractivity contribution in [3.63, 3.8) is 0 Å². The maximum Gasteiger partial charge on any atom is 0.253 e. The predicted octanol–water partition coefficient (Wildman–Crippen LogP) is 1.88. The molecular weight excluding hydrogens is 360 g/mol. The summed E-state index contributed by atoms with van der Waals surface area (Å²) in [5.74, 6) is -0.208. The van der Waals surface area contributed by atoms with Gasteiger partial charge in [0.25, 0.3) is 5.91 Å². The Kier molecular flexibility index (Phi) is 5.22. The lowest BCUT2D eigenvalue weighted by molar-refractivity contribution is -0.120. The number of rotatable bonds is 5. The Morgan fingerprint density at radius 1 is 1.44 bits per heavy atom. The Labute approximate surface area is 163 Å². The number of nitrogens with zero attached hydrogens (tertiary/aromatic N) is 2. The van der Waals surface area contributed by atoms with E-state index in [9.17, 15) is 9.59 Å². The highest BCUT2D eigenvalue weighted by molar-refractivity contribution is 7.10. The second-order valence-electron chi connectivity index (χ2n) is 7.13. The molecule has 0 saturated carbocycles. The molecule has 1 saturated heterocycles. The summed E-state index contributed by atoms with van der Waals surface area (Å²) in [6.07, 6.45) is 4.47. The minimum absolute atomic E-state index is 0.0831. The van der Waals surface area contributed by atoms with E-state index in [0.29, 0.717) is 13.0 Å². The molecule has 6 nitrogen and oxygen atoms in total. The maximum absolute atomic E-state index is 12.6. The molecule has 4 heterocycles. The third-order valence-corrected chi connectivity index (χ3v) is 6.32. The van der Waals surface area contributed by atoms with Gasteiger partial charge in [-0.25, -0.2) is 0 Å². The highest BCUT2D eigenvalue weighted by Crippen LogP contribution is 2.29. The summed E-state index contributed by atoms with van der Waals surface area (Å²) in [4.78, 5) is 32.5. The molecule has 4 rings (SSSR count). The summed E-state index contributed by atoms with van der Waals surface area (Å²) < 4.78 is 0. The fraction of sp³-hybridized carbons (Fsp3) is 0.450. The van der Waals surface area contributed by atoms with Crippen LogP contribution in [0.3, 0.4) is 0 Å². The number of amides is 2. The zero-order valence-corrected chi connectivity index (χ0v) is 16.3. The van der Waals surface area contributed by atoms with Crippen molar-refractivity contribution in [1.29, 1.82) is 0 Å². The van der Waals surface area contributed by atoms with Crippen LogP contribution < -0.4 is 10.6 Å². The number of pyridine rings is 1. The number of carbonyl (C=O) groups excluding carboxylic acids is 2. The van der Waals surface area contributed by atoms with Crippen molar-refractivity contribution in [3.05, 3.63) is 51.0 Å². The van der Waals surface area contributed by atoms with Crippen molar-refractivity contribution in [1.82, 2.24) is 20.5 Å². The predicted molar refractivity (Wildman–Crippen MR) is 105 cm³/mol. The molecule has 27 heavy (non-hydrogen) atoms. The van der Waals surface area contributed by atoms with Gasteiger partial charge in [0.1, 0.15) is 6.04 Å². The molecule has 2 N–H and O–H groups in total. The second kappa shape index (κ2) is 7.78. The molecule has 2 aromatic rings. The first-order chi connectivity index (χ1) is 13.1. The molecule has 2 aliphatic rings. The van der Waals surface area contributed by atoms with Gasteiger partial charge in [0.05, 0.1) is 11.3 Å². The van der Waals surface area contributed by atoms with Crippen LogP contribution >= 0.6 is 11.3 Å². The van der Waals surface area contributed by atoms with Crippen LogP contribution in [-0.2, 0) is 30.7 Å². The smallest absolute Gasteiger partial charge is 0.253 e. The van der Waals surface area contributed by atoms with E-state index in [4.69, 9.17) is 0 Å². The molecule has 7 heteroatoms. The van der Waals surface area contributed by atoms with Gasteiger partial charge >= 0.3 is 0 Å². The lowest BCUT2D eigenvalue weighted by Gasteiger charge is -2.27. The van der Waals surface area contributed by atoms with Crippen molar-refractivity contribution in [2.24, 2.45) is 0 Å². The third kappa shape index (κ3) is 3.89. The van der Waals surface area contributed by atoms with Crippen LogP contribution in [0.15, 0.2) is 23.7 Å². The van der Waals surface area contributed by atoms with Gasteiger partial charge in [-0.1, -0.05) is 13.0 Å². The lowest BCUT2D eigenvalue weighted by atomic mass is 10.0. The van der Waals surface area contributed by atoms with Crippen molar-refractivity contribution in [3.8, 4) is 0 Å². The SMILES string of the molecule is CCc1ccc(CN2CCc3c(C(=O)N[C@@H]4CCNC4=O)csc3C2)nc1. The van der Waals surface area contributed by atoms with E-state index in [1.165, 1.54) is 10.4 Å². The van der Waals surface area contributed by atoms with Crippen LogP contribution in [0.5, 0.6) is 0 Å². The first kappa shape index (κ1) is 18.1. The average Bonchev–Trinajstić information content (AvgIpc) is 3.28. The summed E-state index contributed by atoms with van der Waals surface area (Å²) >= 11 is 1.64. The zero-order chi connectivity index (χ0) is 18.8. The maximum atomic E-state index is 12.6. The third-order valence-electron chi connectivity index (χ3n) is 5.30. The van der Waals surface area contributed by atoms with Gasteiger partial charge in [-0.05, 0) is 36.5 Å². The normalized spacial score (nSPS) is 19.6. The molecule has 0 spiro atoms. The van der Waals surface area contributed by atoms with E-state index < -0.39 is 6.04 Å². The van der Waals surface area contributed by atoms with Crippen LogP contribution in [0.25, 0.3) is 0 Å². The van der Waals surface area contributed by atoms with E-state index in [2.05, 4.69) is 39.6 Å². The summed E-state index contributed by atoms with van der Waals surface area (Å²) in [5.41, 5.74) is 4.21. The van der Waals surface area contributed by atoms with Crippen LogP contribution in [0, 0.1) is 0 Å². The number of carbonyl (C=O) groups is 2. The number of aryl methyl sites for hydroxylation is 1. The van der Waals surface area contributed by atoms with Crippen LogP contribution in [0.4, 0.5) is 0 Å². The molecule has 0 radical (unpaired) electrons. The Morgan fingerprint density at radius 3 is 3.04 bits per heavy atom. The number of aromatic nitrogens is 1. The summed E-state index contributed by atoms with van der Waals surface area (Å²) in [6, 6.07) is 3.85. The topological polar surface area (TPSA) is 74.3 Å². The van der Waals surface area contributed by atoms with Crippen molar-refractivity contribution < 1.29 is 9.59 Å². The molecule has 0 aliphatic carbocycles. The fourth-order valence-electron chi connectivity index (χ4n) is 3.66. The molecular formula is C20H24N4O2S. The molecule has 1 fully saturated rings. The van der Waals surface area contributed by atoms with E-state index in [0.717, 1.165) is 49.3 Å². The highest BCUT2D eigenvalue weighted by Gasteiger charge is 2.29. The number of nitrogens with one attached hydrogen (secondary N) is 2. The average molecular weight is 385 g/mol. The second-order valence-corrected chi connectivity index (χ2v) is 8.09. The Balaban J connectivity index is 1.40. The van der Waals surface area contributed by atoms with Gasteiger partial charge in [-0.3, -0.25) is 19.5 Å². The monoisotopic (exact) mass is 384 g/mol. The number of hydrogen-bond acceptors (Lipinski definition) is 5. The zero-order valence-electron chi connectivity index (χ0n) is 15.5. The number of hydrogen-bond donors (Lipinski definition) is 2. The van der Waals surface area contributed by atoms with Crippen LogP contribution in [0.2, 0.25) is 0 Å². The van der Waals surface area contributed by atoms with Crippen molar-refractivity contribution in [2.45, 2.75) is 45.3 Å². The van der Waals surface area contributed by atoms with Crippen LogP contribution in [0.1, 0.15) is 45.4 Å². The quantitative estimate of drug-likeness (QED) is 0.826. The van der Waals surface area contributed by atoms with Crippen molar-refractivity contribution in [2.75, 3.05) is 13.1 Å². The number of thiophene rings is 1. The van der Waals surface area contributed by atoms with E-state index in [1.54, 1.807) is 11.3 Å². The van der Waals surface area contributed by atoms with E-state index in [-0.39, 0.29) is 11.8 Å². The van der Waals surface area contributed by atoms with Crippen LogP contribution in [-0.4, -0.2) is 40.8 Å². The molecule has 0 unspecified atom stereocenters. The van der Waals surface area contributed by atoms with Gasteiger partial charge in [-0.15, -0.1) is 11.3 Å². The largest absolute Gasteiger partial charge is 0.354 e. The van der Waals surface area contributed by atoms with E-state index >= 15 is 0 Å². The fourth-order valence-corrected chi connectivity index (χ4v) is 4.78. The Hall–Kier alpha value is -2.25. The molecule has 2 aliphatic heterocycles. The van der Waals surface area contributed by atoms with Gasteiger partial charge in [0.2, 0.25) is 5.91 Å². The van der Waals surface area contributed by atoms with Crippen molar-refractivity contribution >= 4 is 23.2 Å². The van der Waals surface area contributed by atoms with Gasteiger partial charge in [-0.2, -0.15) is 0 Å². The number of fused-ring (bicyclic) bond motifs is 1. The van der Waals surface area contributed by atoms with Gasteiger partial charge in [0, 0.05) is 42.6 Å². The Morgan fingerprint density at radius 2 is 2.33 bits per heavy atom. The minimum atomic E-state index is -0.398. The summed E-state index contributed by atoms with van der Waals surface area (Å²) in [7, 11) is 0. The standard InChI is InChI=1S/C20H24N4O2S/c1-2-13-3-4-14(22-9-13)10-24-8-6-15-16(12-27-18(15)11-24)19(25)23-17-5-7-21-20(17)26/h3-4,9,12,17H,2,5-8,10-11H2,1H3,(H,21,26)(H,23,25)/t17-/m1/s1. The van der Waals surface area contributed by atoms with E-state index in [1.807, 2.05) is 11.6 Å². The molecule has 2 aromatic heterocycles.